The molecule has 0 unspecified atom stereocenters. The number of rotatable bonds is 5. The minimum atomic E-state index is 0.329. The number of nitrogens with zero attached hydrogens (tertiary/aromatic N) is 4. The molecule has 0 saturated carbocycles. The van der Waals surface area contributed by atoms with E-state index < -0.39 is 0 Å². The molecule has 0 aliphatic rings. The van der Waals surface area contributed by atoms with Crippen molar-refractivity contribution in [3.05, 3.63) is 53.6 Å². The molecule has 0 bridgehead atoms. The summed E-state index contributed by atoms with van der Waals surface area (Å²) >= 11 is 7.17. The monoisotopic (exact) mass is 360 g/mol. The summed E-state index contributed by atoms with van der Waals surface area (Å²) in [5.74, 6) is 2.24. The Labute approximate surface area is 145 Å². The first-order valence-electron chi connectivity index (χ1n) is 6.86. The Morgan fingerprint density at radius 1 is 1.08 bits per heavy atom. The first-order chi connectivity index (χ1) is 11.8. The quantitative estimate of drug-likeness (QED) is 0.486. The zero-order chi connectivity index (χ0) is 16.4. The van der Waals surface area contributed by atoms with Crippen molar-refractivity contribution < 1.29 is 13.4 Å². The Morgan fingerprint density at radius 3 is 2.75 bits per heavy atom. The van der Waals surface area contributed by atoms with Crippen molar-refractivity contribution >= 4 is 23.4 Å². The maximum atomic E-state index is 5.86. The highest BCUT2D eigenvalue weighted by molar-refractivity contribution is 7.98. The van der Waals surface area contributed by atoms with Crippen LogP contribution in [0, 0.1) is 0 Å². The van der Waals surface area contributed by atoms with Crippen LogP contribution >= 0.6 is 23.4 Å². The summed E-state index contributed by atoms with van der Waals surface area (Å²) in [4.78, 5) is 4.33. The van der Waals surface area contributed by atoms with E-state index in [4.69, 9.17) is 25.0 Å². The molecule has 3 heterocycles. The van der Waals surface area contributed by atoms with E-state index in [1.54, 1.807) is 30.5 Å². The molecule has 24 heavy (non-hydrogen) atoms. The summed E-state index contributed by atoms with van der Waals surface area (Å²) in [6, 6.07) is 10.7. The lowest BCUT2D eigenvalue weighted by Gasteiger charge is -1.93. The standard InChI is InChI=1S/C15H9ClN4O3S/c16-10-5-3-9(4-6-10)13-17-12(23-20-13)8-24-15-19-18-14(22-15)11-2-1-7-21-11/h1-7H,8H2. The van der Waals surface area contributed by atoms with Crippen molar-refractivity contribution in [3.63, 3.8) is 0 Å². The second-order valence-electron chi connectivity index (χ2n) is 4.66. The van der Waals surface area contributed by atoms with E-state index in [0.717, 1.165) is 5.56 Å². The number of thioether (sulfide) groups is 1. The summed E-state index contributed by atoms with van der Waals surface area (Å²) in [5.41, 5.74) is 0.831. The SMILES string of the molecule is Clc1ccc(-c2noc(CSc3nnc(-c4ccco4)o3)n2)cc1. The molecule has 0 spiro atoms. The molecule has 0 fully saturated rings. The molecule has 0 radical (unpaired) electrons. The Morgan fingerprint density at radius 2 is 1.96 bits per heavy atom. The van der Waals surface area contributed by atoms with Crippen LogP contribution in [0.3, 0.4) is 0 Å². The highest BCUT2D eigenvalue weighted by Gasteiger charge is 2.14. The molecule has 4 rings (SSSR count). The third kappa shape index (κ3) is 3.19. The molecule has 1 aromatic carbocycles. The van der Waals surface area contributed by atoms with Crippen LogP contribution in [-0.2, 0) is 5.75 Å². The zero-order valence-corrected chi connectivity index (χ0v) is 13.6. The molecule has 9 heteroatoms. The molecule has 0 amide bonds. The first-order valence-corrected chi connectivity index (χ1v) is 8.23. The van der Waals surface area contributed by atoms with E-state index in [0.29, 0.717) is 39.4 Å². The van der Waals surface area contributed by atoms with Gasteiger partial charge >= 0.3 is 0 Å². The molecular formula is C15H9ClN4O3S. The molecule has 0 atom stereocenters. The minimum absolute atomic E-state index is 0.329. The van der Waals surface area contributed by atoms with Crippen LogP contribution in [-0.4, -0.2) is 20.3 Å². The van der Waals surface area contributed by atoms with Gasteiger partial charge in [0.15, 0.2) is 5.76 Å². The van der Waals surface area contributed by atoms with Gasteiger partial charge in [-0.15, -0.1) is 10.2 Å². The maximum Gasteiger partial charge on any atom is 0.284 e. The minimum Gasteiger partial charge on any atom is -0.459 e. The van der Waals surface area contributed by atoms with E-state index >= 15 is 0 Å². The largest absolute Gasteiger partial charge is 0.459 e. The van der Waals surface area contributed by atoms with Crippen LogP contribution in [0.25, 0.3) is 23.0 Å². The van der Waals surface area contributed by atoms with Crippen LogP contribution in [0.5, 0.6) is 0 Å². The van der Waals surface area contributed by atoms with Gasteiger partial charge in [-0.25, -0.2) is 0 Å². The van der Waals surface area contributed by atoms with Gasteiger partial charge in [0, 0.05) is 10.6 Å². The van der Waals surface area contributed by atoms with Gasteiger partial charge in [-0.3, -0.25) is 0 Å². The fourth-order valence-corrected chi connectivity index (χ4v) is 2.65. The predicted molar refractivity (Wildman–Crippen MR) is 86.3 cm³/mol. The van der Waals surface area contributed by atoms with Crippen molar-refractivity contribution in [2.75, 3.05) is 0 Å². The molecule has 0 aliphatic carbocycles. The van der Waals surface area contributed by atoms with Crippen molar-refractivity contribution in [2.45, 2.75) is 11.0 Å². The Balaban J connectivity index is 1.42. The van der Waals surface area contributed by atoms with Crippen LogP contribution in [0.15, 0.2) is 61.2 Å². The predicted octanol–water partition coefficient (Wildman–Crippen LogP) is 4.33. The molecule has 7 nitrogen and oxygen atoms in total. The number of hydrogen-bond donors (Lipinski definition) is 0. The first kappa shape index (κ1) is 15.0. The van der Waals surface area contributed by atoms with Gasteiger partial charge < -0.3 is 13.4 Å². The Bertz CT molecular complexity index is 934. The van der Waals surface area contributed by atoms with E-state index in [9.17, 15) is 0 Å². The van der Waals surface area contributed by atoms with E-state index in [2.05, 4.69) is 20.3 Å². The zero-order valence-electron chi connectivity index (χ0n) is 12.0. The Kier molecular flexibility index (Phi) is 4.06. The van der Waals surface area contributed by atoms with E-state index in [-0.39, 0.29) is 0 Å². The highest BCUT2D eigenvalue weighted by Crippen LogP contribution is 2.26. The van der Waals surface area contributed by atoms with Crippen LogP contribution in [0.1, 0.15) is 5.89 Å². The Hall–Kier alpha value is -2.58. The molecule has 3 aromatic heterocycles. The molecule has 4 aromatic rings. The fraction of sp³-hybridized carbons (Fsp3) is 0.0667. The molecule has 0 N–H and O–H groups in total. The van der Waals surface area contributed by atoms with Gasteiger partial charge in [0.1, 0.15) is 0 Å². The van der Waals surface area contributed by atoms with Crippen LogP contribution < -0.4 is 0 Å². The summed E-state index contributed by atoms with van der Waals surface area (Å²) < 4.78 is 15.9. The van der Waals surface area contributed by atoms with Crippen LogP contribution in [0.2, 0.25) is 5.02 Å². The summed E-state index contributed by atoms with van der Waals surface area (Å²) in [6.45, 7) is 0. The number of aromatic nitrogens is 4. The number of hydrogen-bond acceptors (Lipinski definition) is 8. The number of halogens is 1. The van der Waals surface area contributed by atoms with Crippen molar-refractivity contribution in [2.24, 2.45) is 0 Å². The second-order valence-corrected chi connectivity index (χ2v) is 6.02. The van der Waals surface area contributed by atoms with Gasteiger partial charge in [0.2, 0.25) is 11.7 Å². The summed E-state index contributed by atoms with van der Waals surface area (Å²) in [7, 11) is 0. The van der Waals surface area contributed by atoms with Gasteiger partial charge in [-0.1, -0.05) is 28.5 Å². The smallest absolute Gasteiger partial charge is 0.284 e. The topological polar surface area (TPSA) is 91.0 Å². The average molecular weight is 361 g/mol. The van der Waals surface area contributed by atoms with Gasteiger partial charge in [-0.2, -0.15) is 4.98 Å². The summed E-state index contributed by atoms with van der Waals surface area (Å²) in [5, 5.41) is 12.9. The normalized spacial score (nSPS) is 11.0. The lowest BCUT2D eigenvalue weighted by atomic mass is 10.2. The lowest BCUT2D eigenvalue weighted by molar-refractivity contribution is 0.390. The molecule has 0 saturated heterocycles. The highest BCUT2D eigenvalue weighted by atomic mass is 35.5. The number of furan rings is 1. The average Bonchev–Trinajstić information content (AvgIpc) is 3.34. The number of benzene rings is 1. The fourth-order valence-electron chi connectivity index (χ4n) is 1.92. The molecular weight excluding hydrogens is 352 g/mol. The second kappa shape index (κ2) is 6.50. The lowest BCUT2D eigenvalue weighted by Crippen LogP contribution is -1.83. The van der Waals surface area contributed by atoms with E-state index in [1.807, 2.05) is 12.1 Å². The third-order valence-corrected chi connectivity index (χ3v) is 4.08. The van der Waals surface area contributed by atoms with Crippen LogP contribution in [0.4, 0.5) is 0 Å². The third-order valence-electron chi connectivity index (χ3n) is 3.03. The molecule has 120 valence electrons. The van der Waals surface area contributed by atoms with Crippen molar-refractivity contribution in [3.8, 4) is 23.0 Å². The molecule has 0 aliphatic heterocycles. The van der Waals surface area contributed by atoms with Crippen molar-refractivity contribution in [1.29, 1.82) is 0 Å². The van der Waals surface area contributed by atoms with Gasteiger partial charge in [-0.05, 0) is 36.4 Å². The van der Waals surface area contributed by atoms with E-state index in [1.165, 1.54) is 11.8 Å². The van der Waals surface area contributed by atoms with Crippen molar-refractivity contribution in [1.82, 2.24) is 20.3 Å². The van der Waals surface area contributed by atoms with Gasteiger partial charge in [0.05, 0.1) is 12.0 Å². The summed E-state index contributed by atoms with van der Waals surface area (Å²) in [6.07, 6.45) is 1.54. The van der Waals surface area contributed by atoms with Gasteiger partial charge in [0.25, 0.3) is 11.1 Å². The maximum absolute atomic E-state index is 5.86.